The average Bonchev–Trinajstić information content (AvgIpc) is 2.46. The van der Waals surface area contributed by atoms with Gasteiger partial charge in [0.2, 0.25) is 0 Å². The molecule has 0 aliphatic rings. The molecule has 98 valence electrons. The number of anilines is 1. The van der Waals surface area contributed by atoms with Crippen LogP contribution in [0.5, 0.6) is 0 Å². The molecule has 1 nitrogen and oxygen atoms in total. The SMILES string of the molecule is CSc1ccc(/C=C/c2cccc(N(C)C)c2)cc1. The maximum Gasteiger partial charge on any atom is 0.0367 e. The Morgan fingerprint density at radius 1 is 0.895 bits per heavy atom. The molecule has 0 bridgehead atoms. The minimum absolute atomic E-state index is 1.22. The molecular weight excluding hydrogens is 250 g/mol. The van der Waals surface area contributed by atoms with Crippen LogP contribution in [0.25, 0.3) is 12.2 Å². The smallest absolute Gasteiger partial charge is 0.0367 e. The summed E-state index contributed by atoms with van der Waals surface area (Å²) in [5, 5.41) is 0. The normalized spacial score (nSPS) is 10.9. The van der Waals surface area contributed by atoms with Crippen LogP contribution in [0.4, 0.5) is 5.69 Å². The Hall–Kier alpha value is -1.67. The molecule has 0 amide bonds. The number of thioether (sulfide) groups is 1. The van der Waals surface area contributed by atoms with Gasteiger partial charge in [0.15, 0.2) is 0 Å². The van der Waals surface area contributed by atoms with Crippen molar-refractivity contribution in [3.8, 4) is 0 Å². The summed E-state index contributed by atoms with van der Waals surface area (Å²) >= 11 is 1.77. The molecule has 0 heterocycles. The molecule has 19 heavy (non-hydrogen) atoms. The molecule has 0 atom stereocenters. The summed E-state index contributed by atoms with van der Waals surface area (Å²) in [6.07, 6.45) is 6.40. The van der Waals surface area contributed by atoms with Crippen molar-refractivity contribution in [3.63, 3.8) is 0 Å². The largest absolute Gasteiger partial charge is 0.378 e. The van der Waals surface area contributed by atoms with Crippen LogP contribution < -0.4 is 4.90 Å². The van der Waals surface area contributed by atoms with Gasteiger partial charge >= 0.3 is 0 Å². The van der Waals surface area contributed by atoms with E-state index in [1.165, 1.54) is 21.7 Å². The lowest BCUT2D eigenvalue weighted by molar-refractivity contribution is 1.13. The Bertz CT molecular complexity index is 556. The van der Waals surface area contributed by atoms with Crippen molar-refractivity contribution in [2.75, 3.05) is 25.3 Å². The van der Waals surface area contributed by atoms with Crippen LogP contribution in [0.1, 0.15) is 11.1 Å². The molecular formula is C17H19NS. The molecule has 0 radical (unpaired) electrons. The van der Waals surface area contributed by atoms with Crippen LogP contribution in [0.15, 0.2) is 53.4 Å². The van der Waals surface area contributed by atoms with Gasteiger partial charge in [-0.25, -0.2) is 0 Å². The van der Waals surface area contributed by atoms with Gasteiger partial charge in [-0.3, -0.25) is 0 Å². The molecule has 0 N–H and O–H groups in total. The fraction of sp³-hybridized carbons (Fsp3) is 0.176. The third-order valence-corrected chi connectivity index (χ3v) is 3.71. The summed E-state index contributed by atoms with van der Waals surface area (Å²) in [7, 11) is 4.12. The number of benzene rings is 2. The Morgan fingerprint density at radius 2 is 1.58 bits per heavy atom. The monoisotopic (exact) mass is 269 g/mol. The van der Waals surface area contributed by atoms with Crippen LogP contribution in [-0.2, 0) is 0 Å². The van der Waals surface area contributed by atoms with Gasteiger partial charge in [-0.1, -0.05) is 36.4 Å². The Labute approximate surface area is 120 Å². The van der Waals surface area contributed by atoms with Gasteiger partial charge in [-0.05, 0) is 41.6 Å². The lowest BCUT2D eigenvalue weighted by Crippen LogP contribution is -2.08. The molecule has 0 aromatic heterocycles. The Morgan fingerprint density at radius 3 is 2.21 bits per heavy atom. The summed E-state index contributed by atoms with van der Waals surface area (Å²) in [5.41, 5.74) is 3.67. The molecule has 0 saturated heterocycles. The van der Waals surface area contributed by atoms with E-state index in [4.69, 9.17) is 0 Å². The Balaban J connectivity index is 2.15. The first-order chi connectivity index (χ1) is 9.19. The molecule has 0 aliphatic carbocycles. The predicted octanol–water partition coefficient (Wildman–Crippen LogP) is 4.64. The molecule has 0 fully saturated rings. The standard InChI is InChI=1S/C17H19NS/c1-18(2)16-6-4-5-15(13-16)8-7-14-9-11-17(19-3)12-10-14/h4-13H,1-3H3/b8-7+. The number of hydrogen-bond donors (Lipinski definition) is 0. The van der Waals surface area contributed by atoms with Crippen LogP contribution in [-0.4, -0.2) is 20.4 Å². The van der Waals surface area contributed by atoms with Gasteiger partial charge in [-0.2, -0.15) is 0 Å². The van der Waals surface area contributed by atoms with Crippen LogP contribution in [0, 0.1) is 0 Å². The topological polar surface area (TPSA) is 3.24 Å². The van der Waals surface area contributed by atoms with Gasteiger partial charge in [0.25, 0.3) is 0 Å². The van der Waals surface area contributed by atoms with Crippen LogP contribution >= 0.6 is 11.8 Å². The van der Waals surface area contributed by atoms with Crippen molar-refractivity contribution in [2.45, 2.75) is 4.90 Å². The quantitative estimate of drug-likeness (QED) is 0.587. The second-order valence-corrected chi connectivity index (χ2v) is 5.48. The Kier molecular flexibility index (Phi) is 4.69. The highest BCUT2D eigenvalue weighted by atomic mass is 32.2. The predicted molar refractivity (Wildman–Crippen MR) is 87.9 cm³/mol. The van der Waals surface area contributed by atoms with Crippen molar-refractivity contribution < 1.29 is 0 Å². The number of nitrogens with zero attached hydrogens (tertiary/aromatic N) is 1. The molecule has 0 aliphatic heterocycles. The average molecular weight is 269 g/mol. The molecule has 0 saturated carbocycles. The highest BCUT2D eigenvalue weighted by Gasteiger charge is 1.95. The number of hydrogen-bond acceptors (Lipinski definition) is 2. The zero-order valence-electron chi connectivity index (χ0n) is 11.6. The van der Waals surface area contributed by atoms with E-state index in [-0.39, 0.29) is 0 Å². The number of rotatable bonds is 4. The molecule has 2 heteroatoms. The van der Waals surface area contributed by atoms with E-state index in [1.54, 1.807) is 11.8 Å². The van der Waals surface area contributed by atoms with Crippen molar-refractivity contribution >= 4 is 29.6 Å². The summed E-state index contributed by atoms with van der Waals surface area (Å²) < 4.78 is 0. The lowest BCUT2D eigenvalue weighted by atomic mass is 10.1. The fourth-order valence-electron chi connectivity index (χ4n) is 1.81. The van der Waals surface area contributed by atoms with E-state index in [0.29, 0.717) is 0 Å². The molecule has 0 spiro atoms. The first-order valence-electron chi connectivity index (χ1n) is 6.28. The van der Waals surface area contributed by atoms with Gasteiger partial charge in [0.1, 0.15) is 0 Å². The second-order valence-electron chi connectivity index (χ2n) is 4.60. The first-order valence-corrected chi connectivity index (χ1v) is 7.51. The van der Waals surface area contributed by atoms with Gasteiger partial charge in [-0.15, -0.1) is 11.8 Å². The van der Waals surface area contributed by atoms with Gasteiger partial charge < -0.3 is 4.90 Å². The van der Waals surface area contributed by atoms with Gasteiger partial charge in [0, 0.05) is 24.7 Å². The molecule has 2 aromatic carbocycles. The minimum Gasteiger partial charge on any atom is -0.378 e. The summed E-state index contributed by atoms with van der Waals surface area (Å²) in [6.45, 7) is 0. The summed E-state index contributed by atoms with van der Waals surface area (Å²) in [5.74, 6) is 0. The maximum atomic E-state index is 2.19. The molecule has 2 rings (SSSR count). The summed E-state index contributed by atoms with van der Waals surface area (Å²) in [6, 6.07) is 17.1. The summed E-state index contributed by atoms with van der Waals surface area (Å²) in [4.78, 5) is 3.41. The second kappa shape index (κ2) is 6.48. The van der Waals surface area contributed by atoms with Crippen molar-refractivity contribution in [2.24, 2.45) is 0 Å². The fourth-order valence-corrected chi connectivity index (χ4v) is 2.22. The zero-order chi connectivity index (χ0) is 13.7. The van der Waals surface area contributed by atoms with E-state index in [2.05, 4.69) is 85.9 Å². The molecule has 2 aromatic rings. The van der Waals surface area contributed by atoms with E-state index in [9.17, 15) is 0 Å². The minimum atomic E-state index is 1.22. The maximum absolute atomic E-state index is 2.19. The van der Waals surface area contributed by atoms with Crippen molar-refractivity contribution in [1.82, 2.24) is 0 Å². The van der Waals surface area contributed by atoms with E-state index in [1.807, 2.05) is 0 Å². The first kappa shape index (κ1) is 13.8. The lowest BCUT2D eigenvalue weighted by Gasteiger charge is -2.12. The third-order valence-electron chi connectivity index (χ3n) is 2.97. The van der Waals surface area contributed by atoms with E-state index < -0.39 is 0 Å². The highest BCUT2D eigenvalue weighted by Crippen LogP contribution is 2.18. The highest BCUT2D eigenvalue weighted by molar-refractivity contribution is 7.98. The van der Waals surface area contributed by atoms with E-state index in [0.717, 1.165) is 0 Å². The zero-order valence-corrected chi connectivity index (χ0v) is 12.4. The molecule has 0 unspecified atom stereocenters. The van der Waals surface area contributed by atoms with Gasteiger partial charge in [0.05, 0.1) is 0 Å². The van der Waals surface area contributed by atoms with Crippen molar-refractivity contribution in [1.29, 1.82) is 0 Å². The van der Waals surface area contributed by atoms with E-state index >= 15 is 0 Å². The van der Waals surface area contributed by atoms with Crippen LogP contribution in [0.2, 0.25) is 0 Å². The van der Waals surface area contributed by atoms with Crippen LogP contribution in [0.3, 0.4) is 0 Å². The van der Waals surface area contributed by atoms with Crippen molar-refractivity contribution in [3.05, 3.63) is 59.7 Å². The third kappa shape index (κ3) is 3.90.